The van der Waals surface area contributed by atoms with Crippen molar-refractivity contribution in [1.29, 1.82) is 0 Å². The molecule has 0 radical (unpaired) electrons. The van der Waals surface area contributed by atoms with Gasteiger partial charge in [-0.2, -0.15) is 0 Å². The predicted octanol–water partition coefficient (Wildman–Crippen LogP) is 4.53. The van der Waals surface area contributed by atoms with Gasteiger partial charge >= 0.3 is 0 Å². The standard InChI is InChI=1S/C35H49NO5/c1-4-18-36(21-26(39)22-37)23-34(41)15-12-29-32(34,3)14-11-28-31(2)13-10-25(38)19-33(31)16-17-35(28,29)27(20-33)30(40)24-8-6-5-7-9-24/h5-9,16-17,20,25-26,28-29,37-39,41H,4,10-15,18-19,21-23H2,1-3H3/t25?,26-,28+,29+,31+,32-,33-,34+,35+/m0/s1. The van der Waals surface area contributed by atoms with Gasteiger partial charge in [0.1, 0.15) is 0 Å². The van der Waals surface area contributed by atoms with Crippen LogP contribution >= 0.6 is 0 Å². The Kier molecular flexibility index (Phi) is 7.22. The second kappa shape index (κ2) is 10.1. The summed E-state index contributed by atoms with van der Waals surface area (Å²) < 4.78 is 0. The number of hydrogen-bond donors (Lipinski definition) is 4. The van der Waals surface area contributed by atoms with E-state index >= 15 is 0 Å². The van der Waals surface area contributed by atoms with E-state index in [9.17, 15) is 25.2 Å². The molecule has 0 heterocycles. The summed E-state index contributed by atoms with van der Waals surface area (Å²) in [4.78, 5) is 16.6. The molecule has 2 spiro atoms. The highest BCUT2D eigenvalue weighted by Gasteiger charge is 2.74. The van der Waals surface area contributed by atoms with Gasteiger partial charge in [-0.3, -0.25) is 9.69 Å². The van der Waals surface area contributed by atoms with Crippen LogP contribution in [0.5, 0.6) is 0 Å². The summed E-state index contributed by atoms with van der Waals surface area (Å²) in [6, 6.07) is 9.62. The molecule has 9 atom stereocenters. The van der Waals surface area contributed by atoms with Crippen LogP contribution in [0.3, 0.4) is 0 Å². The molecule has 0 saturated heterocycles. The third-order valence-corrected chi connectivity index (χ3v) is 12.7. The fraction of sp³-hybridized carbons (Fsp3) is 0.686. The number of rotatable bonds is 9. The molecule has 4 N–H and O–H groups in total. The van der Waals surface area contributed by atoms with Crippen LogP contribution in [0.15, 0.2) is 54.1 Å². The van der Waals surface area contributed by atoms with Gasteiger partial charge in [-0.15, -0.1) is 0 Å². The molecule has 0 amide bonds. The van der Waals surface area contributed by atoms with Gasteiger partial charge in [-0.1, -0.05) is 69.3 Å². The van der Waals surface area contributed by atoms with Crippen LogP contribution < -0.4 is 0 Å². The van der Waals surface area contributed by atoms with E-state index in [1.165, 1.54) is 0 Å². The van der Waals surface area contributed by atoms with E-state index < -0.39 is 22.5 Å². The minimum absolute atomic E-state index is 0.0526. The Morgan fingerprint density at radius 3 is 2.41 bits per heavy atom. The number of hydrogen-bond acceptors (Lipinski definition) is 6. The van der Waals surface area contributed by atoms with Crippen LogP contribution in [-0.2, 0) is 0 Å². The van der Waals surface area contributed by atoms with Gasteiger partial charge in [0, 0.05) is 40.5 Å². The van der Waals surface area contributed by atoms with Gasteiger partial charge in [-0.25, -0.2) is 0 Å². The molecule has 0 aromatic heterocycles. The topological polar surface area (TPSA) is 101 Å². The normalized spacial score (nSPS) is 43.3. The van der Waals surface area contributed by atoms with Crippen molar-refractivity contribution in [3.8, 4) is 0 Å². The molecular formula is C35H49NO5. The first-order chi connectivity index (χ1) is 19.5. The number of ketones is 1. The lowest BCUT2D eigenvalue weighted by molar-refractivity contribution is -0.177. The Hall–Kier alpha value is -1.83. The molecule has 0 aliphatic heterocycles. The smallest absolute Gasteiger partial charge is 0.189 e. The second-order valence-corrected chi connectivity index (χ2v) is 14.6. The first-order valence-corrected chi connectivity index (χ1v) is 15.9. The molecule has 1 unspecified atom stereocenters. The predicted molar refractivity (Wildman–Crippen MR) is 159 cm³/mol. The van der Waals surface area contributed by atoms with E-state index in [1.54, 1.807) is 0 Å². The Balaban J connectivity index is 1.45. The van der Waals surface area contributed by atoms with E-state index in [1.807, 2.05) is 30.3 Å². The number of carbonyl (C=O) groups is 1. The SMILES string of the molecule is CCCN(C[C@H](O)CO)C[C@]1(O)CC[C@H]2[C@]34C=C[C@@]5(C=C3C(=O)c3ccccc3)CC(O)CC[C@]5(C)[C@H]4CC[C@@]21C. The lowest BCUT2D eigenvalue weighted by atomic mass is 9.32. The van der Waals surface area contributed by atoms with E-state index in [0.29, 0.717) is 31.5 Å². The minimum Gasteiger partial charge on any atom is -0.394 e. The van der Waals surface area contributed by atoms with Crippen LogP contribution in [0.1, 0.15) is 82.5 Å². The number of allylic oxidation sites excluding steroid dienone is 4. The van der Waals surface area contributed by atoms with Gasteiger partial charge in [0.2, 0.25) is 0 Å². The number of Topliss-reactive ketones (excluding diaryl/α,β-unsaturated/α-hetero) is 1. The number of aliphatic hydroxyl groups excluding tert-OH is 3. The Morgan fingerprint density at radius 2 is 1.71 bits per heavy atom. The van der Waals surface area contributed by atoms with Crippen LogP contribution in [0.25, 0.3) is 0 Å². The Labute approximate surface area is 245 Å². The summed E-state index contributed by atoms with van der Waals surface area (Å²) in [6.45, 7) is 8.00. The molecule has 7 rings (SSSR count). The molecule has 6 nitrogen and oxygen atoms in total. The number of fused-ring (bicyclic) bond motifs is 1. The molecule has 6 heteroatoms. The minimum atomic E-state index is -0.966. The number of nitrogens with zero attached hydrogens (tertiary/aromatic N) is 1. The van der Waals surface area contributed by atoms with Gasteiger partial charge in [-0.05, 0) is 75.2 Å². The molecular weight excluding hydrogens is 514 g/mol. The van der Waals surface area contributed by atoms with Crippen LogP contribution in [0, 0.1) is 33.5 Å². The van der Waals surface area contributed by atoms with E-state index in [-0.39, 0.29) is 41.2 Å². The van der Waals surface area contributed by atoms with E-state index in [4.69, 9.17) is 0 Å². The molecule has 3 saturated carbocycles. The van der Waals surface area contributed by atoms with Crippen molar-refractivity contribution >= 4 is 5.78 Å². The molecule has 224 valence electrons. The molecule has 6 aliphatic rings. The maximum atomic E-state index is 14.5. The fourth-order valence-corrected chi connectivity index (χ4v) is 10.6. The van der Waals surface area contributed by atoms with Crippen molar-refractivity contribution in [3.63, 3.8) is 0 Å². The molecule has 41 heavy (non-hydrogen) atoms. The number of aliphatic hydroxyl groups is 4. The molecule has 6 aliphatic carbocycles. The number of carbonyl (C=O) groups excluding carboxylic acids is 1. The number of benzene rings is 1. The van der Waals surface area contributed by atoms with Crippen molar-refractivity contribution in [2.75, 3.05) is 26.2 Å². The van der Waals surface area contributed by atoms with Crippen molar-refractivity contribution in [2.24, 2.45) is 33.5 Å². The maximum absolute atomic E-state index is 14.5. The van der Waals surface area contributed by atoms with Crippen LogP contribution in [0.4, 0.5) is 0 Å². The van der Waals surface area contributed by atoms with Crippen molar-refractivity contribution < 1.29 is 25.2 Å². The summed E-state index contributed by atoms with van der Waals surface area (Å²) in [6.07, 6.45) is 12.4. The zero-order valence-corrected chi connectivity index (χ0v) is 25.1. The lowest BCUT2D eigenvalue weighted by Gasteiger charge is -2.71. The lowest BCUT2D eigenvalue weighted by Crippen LogP contribution is -2.67. The zero-order valence-electron chi connectivity index (χ0n) is 25.1. The highest BCUT2D eigenvalue weighted by Crippen LogP contribution is 2.78. The maximum Gasteiger partial charge on any atom is 0.189 e. The Morgan fingerprint density at radius 1 is 1.02 bits per heavy atom. The quantitative estimate of drug-likeness (QED) is 0.260. The largest absolute Gasteiger partial charge is 0.394 e. The zero-order chi connectivity index (χ0) is 29.3. The fourth-order valence-electron chi connectivity index (χ4n) is 10.6. The summed E-state index contributed by atoms with van der Waals surface area (Å²) >= 11 is 0. The summed E-state index contributed by atoms with van der Waals surface area (Å²) in [5, 5.41) is 43.2. The van der Waals surface area contributed by atoms with E-state index in [2.05, 4.69) is 43.9 Å². The van der Waals surface area contributed by atoms with Crippen LogP contribution in [0.2, 0.25) is 0 Å². The molecule has 2 bridgehead atoms. The first kappa shape index (κ1) is 29.3. The molecule has 3 fully saturated rings. The third-order valence-electron chi connectivity index (χ3n) is 12.7. The summed E-state index contributed by atoms with van der Waals surface area (Å²) in [7, 11) is 0. The summed E-state index contributed by atoms with van der Waals surface area (Å²) in [5.41, 5.74) is -0.655. The first-order valence-electron chi connectivity index (χ1n) is 15.9. The summed E-state index contributed by atoms with van der Waals surface area (Å²) in [5.74, 6) is 0.450. The average Bonchev–Trinajstić information content (AvgIpc) is 3.23. The van der Waals surface area contributed by atoms with Gasteiger partial charge in [0.15, 0.2) is 5.78 Å². The second-order valence-electron chi connectivity index (χ2n) is 14.6. The average molecular weight is 564 g/mol. The molecule has 1 aromatic carbocycles. The van der Waals surface area contributed by atoms with Crippen molar-refractivity contribution in [1.82, 2.24) is 4.90 Å². The highest BCUT2D eigenvalue weighted by atomic mass is 16.3. The van der Waals surface area contributed by atoms with Crippen LogP contribution in [-0.4, -0.2) is 75.2 Å². The van der Waals surface area contributed by atoms with Gasteiger partial charge in [0.05, 0.1) is 24.4 Å². The third kappa shape index (κ3) is 4.04. The van der Waals surface area contributed by atoms with Gasteiger partial charge in [0.25, 0.3) is 0 Å². The van der Waals surface area contributed by atoms with Crippen molar-refractivity contribution in [3.05, 3.63) is 59.7 Å². The van der Waals surface area contributed by atoms with E-state index in [0.717, 1.165) is 50.6 Å². The van der Waals surface area contributed by atoms with Gasteiger partial charge < -0.3 is 20.4 Å². The van der Waals surface area contributed by atoms with Crippen molar-refractivity contribution in [2.45, 2.75) is 89.9 Å². The highest BCUT2D eigenvalue weighted by molar-refractivity contribution is 6.10. The monoisotopic (exact) mass is 563 g/mol. The Bertz CT molecular complexity index is 1230. The molecule has 1 aromatic rings.